The standard InChI is InChI=1S/C40H76N2O6Si4/c1-37(2,3)49(13,14)45-31-25-41(26-32(31)46-50(15,16)38(4,5)6)35(43)29-21-23-30(24-22-29)36(44)42-27-33(47-51(17,18)39(7,8)9)34(28-42)48-52(19,20)40(10,11)12/h21-24,31-34H,25-28H2,1-20H3/t31-,32-,33+,34+. The lowest BCUT2D eigenvalue weighted by Gasteiger charge is -2.42. The number of benzene rings is 1. The van der Waals surface area contributed by atoms with Gasteiger partial charge in [0.05, 0.1) is 24.4 Å². The summed E-state index contributed by atoms with van der Waals surface area (Å²) in [5.41, 5.74) is 1.13. The maximum Gasteiger partial charge on any atom is 0.254 e. The highest BCUT2D eigenvalue weighted by Crippen LogP contribution is 2.43. The molecule has 2 amide bonds. The van der Waals surface area contributed by atoms with Crippen LogP contribution in [0.15, 0.2) is 24.3 Å². The molecule has 2 saturated heterocycles. The Labute approximate surface area is 322 Å². The molecule has 0 unspecified atom stereocenters. The third-order valence-corrected chi connectivity index (χ3v) is 31.4. The Hall–Kier alpha value is -1.13. The molecule has 2 aliphatic rings. The summed E-state index contributed by atoms with van der Waals surface area (Å²) < 4.78 is 27.8. The Kier molecular flexibility index (Phi) is 13.1. The first-order chi connectivity index (χ1) is 23.1. The Morgan fingerprint density at radius 3 is 0.769 bits per heavy atom. The zero-order valence-corrected chi connectivity index (χ0v) is 40.8. The van der Waals surface area contributed by atoms with Crippen LogP contribution >= 0.6 is 0 Å². The second-order valence-corrected chi connectivity index (χ2v) is 40.7. The molecule has 2 fully saturated rings. The zero-order chi connectivity index (χ0) is 40.3. The molecule has 3 rings (SSSR count). The Morgan fingerprint density at radius 1 is 0.442 bits per heavy atom. The molecule has 0 bridgehead atoms. The Bertz CT molecular complexity index is 1240. The highest BCUT2D eigenvalue weighted by molar-refractivity contribution is 6.75. The third kappa shape index (κ3) is 10.2. The topological polar surface area (TPSA) is 77.5 Å². The highest BCUT2D eigenvalue weighted by atomic mass is 28.4. The summed E-state index contributed by atoms with van der Waals surface area (Å²) in [5, 5.41) is 0.156. The molecule has 2 aliphatic heterocycles. The number of hydrogen-bond acceptors (Lipinski definition) is 6. The number of hydrogen-bond donors (Lipinski definition) is 0. The summed E-state index contributed by atoms with van der Waals surface area (Å²) in [6.45, 7) is 47.0. The number of likely N-dealkylation sites (tertiary alicyclic amines) is 2. The lowest BCUT2D eigenvalue weighted by molar-refractivity contribution is 0.0713. The lowest BCUT2D eigenvalue weighted by Crippen LogP contribution is -2.51. The normalized spacial score (nSPS) is 23.1. The molecule has 12 heteroatoms. The predicted molar refractivity (Wildman–Crippen MR) is 227 cm³/mol. The van der Waals surface area contributed by atoms with E-state index >= 15 is 0 Å². The average molecular weight is 793 g/mol. The maximum absolute atomic E-state index is 14.0. The van der Waals surface area contributed by atoms with Crippen molar-refractivity contribution in [2.45, 2.75) is 180 Å². The van der Waals surface area contributed by atoms with Crippen molar-refractivity contribution in [3.63, 3.8) is 0 Å². The average Bonchev–Trinajstić information content (AvgIpc) is 3.52. The lowest BCUT2D eigenvalue weighted by atomic mass is 10.1. The van der Waals surface area contributed by atoms with Gasteiger partial charge in [0.15, 0.2) is 33.3 Å². The van der Waals surface area contributed by atoms with Crippen molar-refractivity contribution in [2.75, 3.05) is 26.2 Å². The van der Waals surface area contributed by atoms with Gasteiger partial charge in [-0.2, -0.15) is 0 Å². The first-order valence-corrected chi connectivity index (χ1v) is 31.1. The minimum atomic E-state index is -2.12. The van der Waals surface area contributed by atoms with E-state index in [2.05, 4.69) is 135 Å². The molecule has 0 radical (unpaired) electrons. The molecule has 8 nitrogen and oxygen atoms in total. The van der Waals surface area contributed by atoms with Crippen LogP contribution in [-0.2, 0) is 17.7 Å². The van der Waals surface area contributed by atoms with Gasteiger partial charge < -0.3 is 27.5 Å². The second-order valence-electron chi connectivity index (χ2n) is 21.7. The molecule has 0 aliphatic carbocycles. The van der Waals surface area contributed by atoms with Crippen molar-refractivity contribution >= 4 is 45.1 Å². The van der Waals surface area contributed by atoms with Crippen LogP contribution < -0.4 is 0 Å². The van der Waals surface area contributed by atoms with Gasteiger partial charge in [-0.25, -0.2) is 0 Å². The van der Waals surface area contributed by atoms with Crippen molar-refractivity contribution < 1.29 is 27.3 Å². The maximum atomic E-state index is 14.0. The Balaban J connectivity index is 1.83. The first kappa shape index (κ1) is 45.3. The van der Waals surface area contributed by atoms with Gasteiger partial charge >= 0.3 is 0 Å². The minimum absolute atomic E-state index is 0.0391. The van der Waals surface area contributed by atoms with Crippen molar-refractivity contribution in [1.29, 1.82) is 0 Å². The van der Waals surface area contributed by atoms with Crippen LogP contribution in [0.3, 0.4) is 0 Å². The van der Waals surface area contributed by atoms with E-state index in [0.717, 1.165) is 0 Å². The van der Waals surface area contributed by atoms with Crippen LogP contribution in [0.1, 0.15) is 104 Å². The fourth-order valence-electron chi connectivity index (χ4n) is 5.61. The summed E-state index contributed by atoms with van der Waals surface area (Å²) in [7, 11) is -8.50. The monoisotopic (exact) mass is 792 g/mol. The highest BCUT2D eigenvalue weighted by Gasteiger charge is 2.50. The number of nitrogens with zero attached hydrogens (tertiary/aromatic N) is 2. The van der Waals surface area contributed by atoms with E-state index in [1.807, 2.05) is 9.80 Å². The molecule has 0 spiro atoms. The van der Waals surface area contributed by atoms with Crippen LogP contribution in [0.25, 0.3) is 0 Å². The molecule has 52 heavy (non-hydrogen) atoms. The first-order valence-electron chi connectivity index (χ1n) is 19.5. The molecule has 2 heterocycles. The number of amides is 2. The predicted octanol–water partition coefficient (Wildman–Crippen LogP) is 10.2. The van der Waals surface area contributed by atoms with E-state index in [4.69, 9.17) is 17.7 Å². The van der Waals surface area contributed by atoms with Crippen LogP contribution in [0.2, 0.25) is 72.5 Å². The van der Waals surface area contributed by atoms with Gasteiger partial charge in [-0.3, -0.25) is 9.59 Å². The Morgan fingerprint density at radius 2 is 0.615 bits per heavy atom. The van der Waals surface area contributed by atoms with E-state index in [1.54, 1.807) is 24.3 Å². The van der Waals surface area contributed by atoms with Gasteiger partial charge in [-0.1, -0.05) is 83.1 Å². The molecular weight excluding hydrogens is 717 g/mol. The minimum Gasteiger partial charge on any atom is -0.409 e. The van der Waals surface area contributed by atoms with Crippen molar-refractivity contribution in [3.8, 4) is 0 Å². The van der Waals surface area contributed by atoms with Crippen LogP contribution in [-0.4, -0.2) is 105 Å². The largest absolute Gasteiger partial charge is 0.409 e. The van der Waals surface area contributed by atoms with Crippen LogP contribution in [0.5, 0.6) is 0 Å². The summed E-state index contributed by atoms with van der Waals surface area (Å²) in [5.74, 6) is -0.119. The molecule has 0 N–H and O–H groups in total. The summed E-state index contributed by atoms with van der Waals surface area (Å²) in [4.78, 5) is 31.8. The summed E-state index contributed by atoms with van der Waals surface area (Å²) in [6.07, 6.45) is -0.730. The number of carbonyl (C=O) groups is 2. The second kappa shape index (κ2) is 15.1. The molecule has 298 valence electrons. The van der Waals surface area contributed by atoms with Crippen molar-refractivity contribution in [3.05, 3.63) is 35.4 Å². The zero-order valence-electron chi connectivity index (χ0n) is 36.8. The summed E-state index contributed by atoms with van der Waals surface area (Å²) in [6, 6.07) is 7.18. The number of rotatable bonds is 10. The molecule has 0 saturated carbocycles. The van der Waals surface area contributed by atoms with Gasteiger partial charge in [0.1, 0.15) is 0 Å². The van der Waals surface area contributed by atoms with Gasteiger partial charge in [0.2, 0.25) is 0 Å². The quantitative estimate of drug-likeness (QED) is 0.220. The smallest absolute Gasteiger partial charge is 0.254 e. The van der Waals surface area contributed by atoms with Crippen molar-refractivity contribution in [2.24, 2.45) is 0 Å². The van der Waals surface area contributed by atoms with Crippen molar-refractivity contribution in [1.82, 2.24) is 9.80 Å². The third-order valence-electron chi connectivity index (χ3n) is 13.4. The fraction of sp³-hybridized carbons (Fsp3) is 0.800. The molecule has 4 atom stereocenters. The molecule has 0 aromatic heterocycles. The van der Waals surface area contributed by atoms with Gasteiger partial charge in [0, 0.05) is 37.3 Å². The van der Waals surface area contributed by atoms with Gasteiger partial charge in [-0.15, -0.1) is 0 Å². The fourth-order valence-corrected chi connectivity index (χ4v) is 11.0. The molecular formula is C40H76N2O6Si4. The van der Waals surface area contributed by atoms with E-state index < -0.39 is 33.3 Å². The molecule has 1 aromatic rings. The van der Waals surface area contributed by atoms with E-state index in [1.165, 1.54) is 0 Å². The van der Waals surface area contributed by atoms with Crippen LogP contribution in [0.4, 0.5) is 0 Å². The van der Waals surface area contributed by atoms with E-state index in [-0.39, 0.29) is 56.4 Å². The molecule has 1 aromatic carbocycles. The number of carbonyl (C=O) groups excluding carboxylic acids is 2. The van der Waals surface area contributed by atoms with Gasteiger partial charge in [-0.05, 0) is 96.8 Å². The SMILES string of the molecule is CC(C)(C)[Si](C)(C)O[C@H]1CN(C(=O)c2ccc(C(=O)N3C[C@@H](O[Si](C)(C)C(C)(C)C)[C@H](O[Si](C)(C)C(C)(C)C)C3)cc2)C[C@@H]1O[Si](C)(C)C(C)(C)C. The summed E-state index contributed by atoms with van der Waals surface area (Å²) >= 11 is 0. The van der Waals surface area contributed by atoms with Gasteiger partial charge in [0.25, 0.3) is 11.8 Å². The van der Waals surface area contributed by atoms with E-state index in [9.17, 15) is 9.59 Å². The van der Waals surface area contributed by atoms with Crippen LogP contribution in [0, 0.1) is 0 Å². The van der Waals surface area contributed by atoms with E-state index in [0.29, 0.717) is 37.3 Å².